The molecule has 7 nitrogen and oxygen atoms in total. The SMILES string of the molecule is NC(=O)c1ccc(S(=O)(=O)NCC2(O)CCOCC2)cc1. The highest BCUT2D eigenvalue weighted by atomic mass is 32.2. The van der Waals surface area contributed by atoms with Gasteiger partial charge in [-0.2, -0.15) is 0 Å². The fourth-order valence-electron chi connectivity index (χ4n) is 2.04. The van der Waals surface area contributed by atoms with Crippen LogP contribution in [-0.2, 0) is 14.8 Å². The molecular weight excluding hydrogens is 296 g/mol. The van der Waals surface area contributed by atoms with E-state index >= 15 is 0 Å². The molecule has 1 amide bonds. The van der Waals surface area contributed by atoms with Crippen LogP contribution in [0.2, 0.25) is 0 Å². The van der Waals surface area contributed by atoms with Gasteiger partial charge >= 0.3 is 0 Å². The average molecular weight is 314 g/mol. The molecular formula is C13H18N2O5S. The van der Waals surface area contributed by atoms with Gasteiger partial charge in [-0.05, 0) is 24.3 Å². The summed E-state index contributed by atoms with van der Waals surface area (Å²) in [4.78, 5) is 11.0. The van der Waals surface area contributed by atoms with Crippen LogP contribution in [-0.4, -0.2) is 44.8 Å². The van der Waals surface area contributed by atoms with E-state index in [1.54, 1.807) is 0 Å². The molecule has 0 radical (unpaired) electrons. The van der Waals surface area contributed by atoms with E-state index in [0.29, 0.717) is 26.1 Å². The van der Waals surface area contributed by atoms with Crippen molar-refractivity contribution in [2.75, 3.05) is 19.8 Å². The van der Waals surface area contributed by atoms with Crippen LogP contribution in [0.3, 0.4) is 0 Å². The van der Waals surface area contributed by atoms with Gasteiger partial charge in [0.2, 0.25) is 15.9 Å². The van der Waals surface area contributed by atoms with Crippen molar-refractivity contribution in [1.82, 2.24) is 4.72 Å². The number of carbonyl (C=O) groups is 1. The lowest BCUT2D eigenvalue weighted by molar-refractivity contribution is -0.0588. The molecule has 0 saturated carbocycles. The van der Waals surface area contributed by atoms with Crippen LogP contribution >= 0.6 is 0 Å². The number of hydrogen-bond donors (Lipinski definition) is 3. The van der Waals surface area contributed by atoms with Gasteiger partial charge in [-0.15, -0.1) is 0 Å². The second-order valence-electron chi connectivity index (χ2n) is 5.05. The van der Waals surface area contributed by atoms with Crippen molar-refractivity contribution in [3.63, 3.8) is 0 Å². The molecule has 116 valence electrons. The molecule has 0 aliphatic carbocycles. The zero-order valence-electron chi connectivity index (χ0n) is 11.4. The summed E-state index contributed by atoms with van der Waals surface area (Å²) < 4.78 is 31.8. The third kappa shape index (κ3) is 4.01. The summed E-state index contributed by atoms with van der Waals surface area (Å²) in [6, 6.07) is 5.30. The van der Waals surface area contributed by atoms with E-state index in [4.69, 9.17) is 10.5 Å². The van der Waals surface area contributed by atoms with Gasteiger partial charge in [-0.1, -0.05) is 0 Å². The van der Waals surface area contributed by atoms with E-state index in [2.05, 4.69) is 4.72 Å². The molecule has 0 aromatic heterocycles. The summed E-state index contributed by atoms with van der Waals surface area (Å²) in [5.74, 6) is -0.622. The van der Waals surface area contributed by atoms with Crippen LogP contribution in [0.25, 0.3) is 0 Å². The molecule has 2 rings (SSSR count). The van der Waals surface area contributed by atoms with E-state index in [0.717, 1.165) is 0 Å². The number of hydrogen-bond acceptors (Lipinski definition) is 5. The number of carbonyl (C=O) groups excluding carboxylic acids is 1. The van der Waals surface area contributed by atoms with Crippen LogP contribution in [0, 0.1) is 0 Å². The molecule has 1 fully saturated rings. The number of primary amides is 1. The molecule has 1 heterocycles. The van der Waals surface area contributed by atoms with Gasteiger partial charge < -0.3 is 15.6 Å². The predicted octanol–water partition coefficient (Wildman–Crippen LogP) is -0.395. The highest BCUT2D eigenvalue weighted by Crippen LogP contribution is 2.20. The summed E-state index contributed by atoms with van der Waals surface area (Å²) in [6.07, 6.45) is 0.770. The van der Waals surface area contributed by atoms with Gasteiger partial charge in [-0.3, -0.25) is 4.79 Å². The quantitative estimate of drug-likeness (QED) is 0.683. The Labute approximate surface area is 123 Å². The Balaban J connectivity index is 2.05. The van der Waals surface area contributed by atoms with Crippen LogP contribution in [0.4, 0.5) is 0 Å². The zero-order chi connectivity index (χ0) is 15.5. The maximum absolute atomic E-state index is 12.1. The molecule has 1 aliphatic heterocycles. The van der Waals surface area contributed by atoms with E-state index in [9.17, 15) is 18.3 Å². The summed E-state index contributed by atoms with van der Waals surface area (Å²) in [5.41, 5.74) is 4.25. The Morgan fingerprint density at radius 1 is 1.29 bits per heavy atom. The molecule has 0 atom stereocenters. The third-order valence-electron chi connectivity index (χ3n) is 3.46. The topological polar surface area (TPSA) is 119 Å². The molecule has 1 aromatic rings. The number of nitrogens with two attached hydrogens (primary N) is 1. The van der Waals surface area contributed by atoms with Gasteiger partial charge in [0.1, 0.15) is 0 Å². The van der Waals surface area contributed by atoms with Crippen LogP contribution < -0.4 is 10.5 Å². The first-order chi connectivity index (χ1) is 9.82. The number of rotatable bonds is 5. The molecule has 8 heteroatoms. The van der Waals surface area contributed by atoms with E-state index in [1.807, 2.05) is 0 Å². The average Bonchev–Trinajstić information content (AvgIpc) is 2.46. The lowest BCUT2D eigenvalue weighted by Crippen LogP contribution is -2.46. The van der Waals surface area contributed by atoms with E-state index in [-0.39, 0.29) is 17.0 Å². The molecule has 0 bridgehead atoms. The predicted molar refractivity (Wildman–Crippen MR) is 75.2 cm³/mol. The van der Waals surface area contributed by atoms with Crippen molar-refractivity contribution in [2.45, 2.75) is 23.3 Å². The fourth-order valence-corrected chi connectivity index (χ4v) is 3.16. The molecule has 1 saturated heterocycles. The Kier molecular flexibility index (Phi) is 4.62. The highest BCUT2D eigenvalue weighted by molar-refractivity contribution is 7.89. The third-order valence-corrected chi connectivity index (χ3v) is 4.88. The Morgan fingerprint density at radius 3 is 2.38 bits per heavy atom. The normalized spacial score (nSPS) is 18.3. The monoisotopic (exact) mass is 314 g/mol. The van der Waals surface area contributed by atoms with Gasteiger partial charge in [-0.25, -0.2) is 13.1 Å². The van der Waals surface area contributed by atoms with E-state index in [1.165, 1.54) is 24.3 Å². The standard InChI is InChI=1S/C13H18N2O5S/c14-12(16)10-1-3-11(4-2-10)21(18,19)15-9-13(17)5-7-20-8-6-13/h1-4,15,17H,5-9H2,(H2,14,16). The first-order valence-corrected chi connectivity index (χ1v) is 8.00. The number of nitrogens with one attached hydrogen (secondary N) is 1. The largest absolute Gasteiger partial charge is 0.388 e. The molecule has 4 N–H and O–H groups in total. The minimum absolute atomic E-state index is 0.0168. The molecule has 1 aromatic carbocycles. The summed E-state index contributed by atoms with van der Waals surface area (Å²) in [5, 5.41) is 10.2. The molecule has 21 heavy (non-hydrogen) atoms. The van der Waals surface area contributed by atoms with Gasteiger partial charge in [0, 0.05) is 38.2 Å². The number of amides is 1. The van der Waals surface area contributed by atoms with Crippen LogP contribution in [0.5, 0.6) is 0 Å². The first kappa shape index (κ1) is 15.9. The van der Waals surface area contributed by atoms with Crippen molar-refractivity contribution in [3.8, 4) is 0 Å². The maximum atomic E-state index is 12.1. The number of sulfonamides is 1. The molecule has 1 aliphatic rings. The van der Waals surface area contributed by atoms with Crippen molar-refractivity contribution in [3.05, 3.63) is 29.8 Å². The number of aliphatic hydroxyl groups is 1. The number of ether oxygens (including phenoxy) is 1. The molecule has 0 spiro atoms. The first-order valence-electron chi connectivity index (χ1n) is 6.52. The maximum Gasteiger partial charge on any atom is 0.248 e. The van der Waals surface area contributed by atoms with Crippen molar-refractivity contribution >= 4 is 15.9 Å². The Hall–Kier alpha value is -1.48. The van der Waals surface area contributed by atoms with Gasteiger partial charge in [0.05, 0.1) is 10.5 Å². The summed E-state index contributed by atoms with van der Waals surface area (Å²) in [7, 11) is -3.74. The smallest absolute Gasteiger partial charge is 0.248 e. The second-order valence-corrected chi connectivity index (χ2v) is 6.82. The van der Waals surface area contributed by atoms with Crippen molar-refractivity contribution < 1.29 is 23.1 Å². The molecule has 0 unspecified atom stereocenters. The van der Waals surface area contributed by atoms with Gasteiger partial charge in [0.25, 0.3) is 0 Å². The van der Waals surface area contributed by atoms with Crippen LogP contribution in [0.15, 0.2) is 29.2 Å². The van der Waals surface area contributed by atoms with Crippen molar-refractivity contribution in [2.24, 2.45) is 5.73 Å². The fraction of sp³-hybridized carbons (Fsp3) is 0.462. The summed E-state index contributed by atoms with van der Waals surface area (Å²) >= 11 is 0. The van der Waals surface area contributed by atoms with E-state index < -0.39 is 21.5 Å². The Morgan fingerprint density at radius 2 is 1.86 bits per heavy atom. The minimum atomic E-state index is -3.74. The van der Waals surface area contributed by atoms with Crippen LogP contribution in [0.1, 0.15) is 23.2 Å². The van der Waals surface area contributed by atoms with Crippen molar-refractivity contribution in [1.29, 1.82) is 0 Å². The van der Waals surface area contributed by atoms with Gasteiger partial charge in [0.15, 0.2) is 0 Å². The lowest BCUT2D eigenvalue weighted by Gasteiger charge is -2.31. The Bertz CT molecular complexity index is 606. The second kappa shape index (κ2) is 6.10. The lowest BCUT2D eigenvalue weighted by atomic mass is 9.95. The minimum Gasteiger partial charge on any atom is -0.388 e. The highest BCUT2D eigenvalue weighted by Gasteiger charge is 2.31. The summed E-state index contributed by atoms with van der Waals surface area (Å²) in [6.45, 7) is 0.743. The zero-order valence-corrected chi connectivity index (χ0v) is 12.2. The number of benzene rings is 1.